The molecule has 0 amide bonds. The second kappa shape index (κ2) is 5.80. The van der Waals surface area contributed by atoms with Crippen LogP contribution in [0.5, 0.6) is 0 Å². The maximum Gasteiger partial charge on any atom is 0.210 e. The lowest BCUT2D eigenvalue weighted by Gasteiger charge is -2.00. The maximum atomic E-state index is 13.0. The van der Waals surface area contributed by atoms with Crippen LogP contribution >= 0.6 is 23.1 Å². The number of nitrogens with one attached hydrogen (secondary N) is 1. The van der Waals surface area contributed by atoms with Crippen LogP contribution in [0.1, 0.15) is 6.92 Å². The second-order valence-electron chi connectivity index (χ2n) is 3.40. The summed E-state index contributed by atoms with van der Waals surface area (Å²) in [5.74, 6) is -0.308. The third kappa shape index (κ3) is 3.42. The van der Waals surface area contributed by atoms with Gasteiger partial charge >= 0.3 is 0 Å². The summed E-state index contributed by atoms with van der Waals surface area (Å²) in [4.78, 5) is 0. The van der Waals surface area contributed by atoms with Crippen molar-refractivity contribution >= 4 is 33.9 Å². The molecular formula is C11H9FN4S2. The lowest BCUT2D eigenvalue weighted by atomic mass is 10.3. The van der Waals surface area contributed by atoms with Gasteiger partial charge in [0.05, 0.1) is 11.3 Å². The Morgan fingerprint density at radius 3 is 3.06 bits per heavy atom. The summed E-state index contributed by atoms with van der Waals surface area (Å²) in [5.41, 5.74) is 0.621. The third-order valence-corrected chi connectivity index (χ3v) is 3.86. The van der Waals surface area contributed by atoms with E-state index in [0.717, 1.165) is 0 Å². The number of nitriles is 1. The van der Waals surface area contributed by atoms with Crippen molar-refractivity contribution < 1.29 is 4.39 Å². The number of hydrogen-bond acceptors (Lipinski definition) is 6. The Bertz CT molecular complexity index is 578. The Hall–Kier alpha value is -1.65. The van der Waals surface area contributed by atoms with E-state index in [1.807, 2.05) is 0 Å². The van der Waals surface area contributed by atoms with Gasteiger partial charge in [-0.25, -0.2) is 4.39 Å². The standard InChI is InChI=1S/C11H9FN4S2/c1-7(6-13)17-11-16-15-10(18-11)14-9-4-2-3-8(12)5-9/h2-5,7H,1H3,(H,14,15). The molecule has 1 N–H and O–H groups in total. The first-order valence-corrected chi connectivity index (χ1v) is 6.79. The molecule has 1 aromatic heterocycles. The molecule has 0 saturated heterocycles. The summed E-state index contributed by atoms with van der Waals surface area (Å²) in [6, 6.07) is 8.23. The summed E-state index contributed by atoms with van der Waals surface area (Å²) < 4.78 is 13.7. The van der Waals surface area contributed by atoms with Gasteiger partial charge in [0.2, 0.25) is 5.13 Å². The van der Waals surface area contributed by atoms with Gasteiger partial charge in [0.15, 0.2) is 4.34 Å². The fourth-order valence-corrected chi connectivity index (χ4v) is 2.98. The molecule has 0 aliphatic rings. The molecule has 1 atom stereocenters. The molecule has 92 valence electrons. The zero-order valence-electron chi connectivity index (χ0n) is 9.42. The minimum atomic E-state index is -0.308. The van der Waals surface area contributed by atoms with Crippen molar-refractivity contribution in [3.63, 3.8) is 0 Å². The molecule has 4 nitrogen and oxygen atoms in total. The van der Waals surface area contributed by atoms with Gasteiger partial charge in [-0.15, -0.1) is 10.2 Å². The Kier molecular flexibility index (Phi) is 4.12. The van der Waals surface area contributed by atoms with Gasteiger partial charge in [-0.2, -0.15) is 5.26 Å². The summed E-state index contributed by atoms with van der Waals surface area (Å²) >= 11 is 2.68. The molecule has 1 unspecified atom stereocenters. The van der Waals surface area contributed by atoms with E-state index in [9.17, 15) is 4.39 Å². The Labute approximate surface area is 112 Å². The van der Waals surface area contributed by atoms with Crippen LogP contribution in [-0.4, -0.2) is 15.4 Å². The highest BCUT2D eigenvalue weighted by Crippen LogP contribution is 2.30. The highest BCUT2D eigenvalue weighted by Gasteiger charge is 2.09. The zero-order valence-corrected chi connectivity index (χ0v) is 11.1. The van der Waals surface area contributed by atoms with E-state index < -0.39 is 0 Å². The van der Waals surface area contributed by atoms with Crippen LogP contribution in [0, 0.1) is 17.1 Å². The second-order valence-corrected chi connectivity index (χ2v) is 5.96. The van der Waals surface area contributed by atoms with Crippen LogP contribution in [0.15, 0.2) is 28.6 Å². The molecule has 1 heterocycles. The molecule has 0 aliphatic heterocycles. The number of hydrogen-bond donors (Lipinski definition) is 1. The van der Waals surface area contributed by atoms with Gasteiger partial charge < -0.3 is 5.32 Å². The molecule has 0 fully saturated rings. The fraction of sp³-hybridized carbons (Fsp3) is 0.182. The first-order valence-electron chi connectivity index (χ1n) is 5.10. The van der Waals surface area contributed by atoms with Crippen LogP contribution < -0.4 is 5.32 Å². The van der Waals surface area contributed by atoms with E-state index in [2.05, 4.69) is 21.6 Å². The summed E-state index contributed by atoms with van der Waals surface area (Å²) in [7, 11) is 0. The number of thioether (sulfide) groups is 1. The number of aromatic nitrogens is 2. The van der Waals surface area contributed by atoms with Crippen LogP contribution in [0.3, 0.4) is 0 Å². The van der Waals surface area contributed by atoms with Crippen LogP contribution in [-0.2, 0) is 0 Å². The van der Waals surface area contributed by atoms with Gasteiger partial charge in [0.1, 0.15) is 5.82 Å². The van der Waals surface area contributed by atoms with Crippen molar-refractivity contribution in [1.29, 1.82) is 5.26 Å². The Balaban J connectivity index is 2.05. The SMILES string of the molecule is CC(C#N)Sc1nnc(Nc2cccc(F)c2)s1. The van der Waals surface area contributed by atoms with Crippen molar-refractivity contribution in [2.45, 2.75) is 16.5 Å². The normalized spacial score (nSPS) is 11.8. The number of rotatable bonds is 4. The van der Waals surface area contributed by atoms with E-state index in [0.29, 0.717) is 15.2 Å². The summed E-state index contributed by atoms with van der Waals surface area (Å²) in [6.45, 7) is 1.80. The predicted molar refractivity (Wildman–Crippen MR) is 70.5 cm³/mol. The highest BCUT2D eigenvalue weighted by atomic mass is 32.2. The molecule has 2 aromatic rings. The highest BCUT2D eigenvalue weighted by molar-refractivity contribution is 8.01. The van der Waals surface area contributed by atoms with E-state index in [-0.39, 0.29) is 11.1 Å². The van der Waals surface area contributed by atoms with E-state index in [1.165, 1.54) is 35.2 Å². The van der Waals surface area contributed by atoms with Gasteiger partial charge in [0, 0.05) is 5.69 Å². The van der Waals surface area contributed by atoms with Crippen LogP contribution in [0.2, 0.25) is 0 Å². The Morgan fingerprint density at radius 2 is 2.33 bits per heavy atom. The van der Waals surface area contributed by atoms with Crippen molar-refractivity contribution in [3.8, 4) is 6.07 Å². The number of nitrogens with zero attached hydrogens (tertiary/aromatic N) is 3. The maximum absolute atomic E-state index is 13.0. The zero-order chi connectivity index (χ0) is 13.0. The van der Waals surface area contributed by atoms with Crippen molar-refractivity contribution in [1.82, 2.24) is 10.2 Å². The average Bonchev–Trinajstić information content (AvgIpc) is 2.76. The minimum Gasteiger partial charge on any atom is -0.330 e. The topological polar surface area (TPSA) is 61.6 Å². The number of anilines is 2. The lowest BCUT2D eigenvalue weighted by molar-refractivity contribution is 0.628. The molecule has 0 aliphatic carbocycles. The molecule has 1 aromatic carbocycles. The largest absolute Gasteiger partial charge is 0.330 e. The molecule has 0 saturated carbocycles. The molecule has 2 rings (SSSR count). The van der Waals surface area contributed by atoms with Crippen molar-refractivity contribution in [2.75, 3.05) is 5.32 Å². The Morgan fingerprint density at radius 1 is 1.50 bits per heavy atom. The van der Waals surface area contributed by atoms with Gasteiger partial charge in [-0.3, -0.25) is 0 Å². The smallest absolute Gasteiger partial charge is 0.210 e. The van der Waals surface area contributed by atoms with E-state index in [4.69, 9.17) is 5.26 Å². The lowest BCUT2D eigenvalue weighted by Crippen LogP contribution is -1.89. The molecular weight excluding hydrogens is 271 g/mol. The van der Waals surface area contributed by atoms with Crippen molar-refractivity contribution in [2.24, 2.45) is 0 Å². The molecule has 18 heavy (non-hydrogen) atoms. The number of halogens is 1. The van der Waals surface area contributed by atoms with Crippen molar-refractivity contribution in [3.05, 3.63) is 30.1 Å². The van der Waals surface area contributed by atoms with Gasteiger partial charge in [-0.1, -0.05) is 29.2 Å². The van der Waals surface area contributed by atoms with E-state index in [1.54, 1.807) is 19.1 Å². The van der Waals surface area contributed by atoms with Gasteiger partial charge in [0.25, 0.3) is 0 Å². The quantitative estimate of drug-likeness (QED) is 0.869. The molecule has 7 heteroatoms. The first-order chi connectivity index (χ1) is 8.67. The van der Waals surface area contributed by atoms with Crippen LogP contribution in [0.25, 0.3) is 0 Å². The average molecular weight is 280 g/mol. The summed E-state index contributed by atoms with van der Waals surface area (Å²) in [5, 5.41) is 20.0. The van der Waals surface area contributed by atoms with E-state index >= 15 is 0 Å². The summed E-state index contributed by atoms with van der Waals surface area (Å²) in [6.07, 6.45) is 0. The van der Waals surface area contributed by atoms with Crippen LogP contribution in [0.4, 0.5) is 15.2 Å². The fourth-order valence-electron chi connectivity index (χ4n) is 1.18. The first kappa shape index (κ1) is 12.8. The predicted octanol–water partition coefficient (Wildman–Crippen LogP) is 3.42. The molecule has 0 radical (unpaired) electrons. The minimum absolute atomic E-state index is 0.167. The molecule has 0 spiro atoms. The van der Waals surface area contributed by atoms with Gasteiger partial charge in [-0.05, 0) is 25.1 Å². The molecule has 0 bridgehead atoms. The number of benzene rings is 1. The third-order valence-electron chi connectivity index (χ3n) is 1.94. The monoisotopic (exact) mass is 280 g/mol.